The number of aliphatic hydroxyl groups is 1. The minimum atomic E-state index is -1.19. The largest absolute Gasteiger partial charge is 0.480 e. The summed E-state index contributed by atoms with van der Waals surface area (Å²) in [6, 6.07) is -4.23. The normalized spacial score (nSPS) is 18.3. The van der Waals surface area contributed by atoms with Crippen molar-refractivity contribution in [2.45, 2.75) is 84.7 Å². The highest BCUT2D eigenvalue weighted by atomic mass is 16.4. The third-order valence-electron chi connectivity index (χ3n) is 5.14. The van der Waals surface area contributed by atoms with Gasteiger partial charge in [0.1, 0.15) is 24.2 Å². The molecule has 168 valence electrons. The van der Waals surface area contributed by atoms with Crippen LogP contribution in [0.1, 0.15) is 54.4 Å². The Bertz CT molecular complexity index is 583. The lowest BCUT2D eigenvalue weighted by Gasteiger charge is -2.27. The van der Waals surface area contributed by atoms with Crippen molar-refractivity contribution < 1.29 is 29.4 Å². The van der Waals surface area contributed by atoms with Crippen molar-refractivity contribution in [1.29, 1.82) is 0 Å². The maximum atomic E-state index is 12.7. The van der Waals surface area contributed by atoms with Gasteiger partial charge in [0.25, 0.3) is 0 Å². The minimum absolute atomic E-state index is 0.262. The summed E-state index contributed by atoms with van der Waals surface area (Å²) in [5, 5.41) is 26.2. The Balaban J connectivity index is 5.17. The van der Waals surface area contributed by atoms with Crippen LogP contribution in [0.5, 0.6) is 0 Å². The molecule has 0 rings (SSSR count). The molecular weight excluding hydrogens is 380 g/mol. The molecule has 0 aromatic carbocycles. The van der Waals surface area contributed by atoms with E-state index in [4.69, 9.17) is 5.73 Å². The van der Waals surface area contributed by atoms with E-state index in [0.29, 0.717) is 12.8 Å². The van der Waals surface area contributed by atoms with Crippen LogP contribution in [-0.2, 0) is 19.2 Å². The van der Waals surface area contributed by atoms with Gasteiger partial charge in [-0.2, -0.15) is 0 Å². The number of rotatable bonds is 12. The third-order valence-corrected chi connectivity index (χ3v) is 5.14. The number of carbonyl (C=O) groups excluding carboxylic acids is 3. The number of aliphatic hydroxyl groups excluding tert-OH is 1. The predicted octanol–water partition coefficient (Wildman–Crippen LogP) is -0.654. The molecule has 7 atom stereocenters. The topological polar surface area (TPSA) is 171 Å². The van der Waals surface area contributed by atoms with Crippen LogP contribution in [0.2, 0.25) is 0 Å². The molecule has 0 saturated heterocycles. The van der Waals surface area contributed by atoms with Crippen molar-refractivity contribution in [1.82, 2.24) is 16.0 Å². The first-order chi connectivity index (χ1) is 13.4. The molecular formula is C19H36N4O6. The standard InChI is InChI=1S/C19H36N4O6/c1-7-9(3)14(22-17(26)13(20)12(6)24)18(27)21-11(5)16(25)23-15(19(28)29)10(4)8-2/h9-15,24H,7-8,20H2,1-6H3,(H,21,27)(H,22,26)(H,23,25)(H,28,29). The average Bonchev–Trinajstić information content (AvgIpc) is 2.67. The van der Waals surface area contributed by atoms with Crippen molar-refractivity contribution >= 4 is 23.7 Å². The van der Waals surface area contributed by atoms with Crippen molar-refractivity contribution in [2.75, 3.05) is 0 Å². The van der Waals surface area contributed by atoms with Gasteiger partial charge in [0, 0.05) is 0 Å². The maximum Gasteiger partial charge on any atom is 0.326 e. The van der Waals surface area contributed by atoms with Crippen LogP contribution in [0.4, 0.5) is 0 Å². The molecule has 7 N–H and O–H groups in total. The second-order valence-electron chi connectivity index (χ2n) is 7.58. The van der Waals surface area contributed by atoms with Gasteiger partial charge in [-0.3, -0.25) is 14.4 Å². The van der Waals surface area contributed by atoms with Crippen molar-refractivity contribution in [3.63, 3.8) is 0 Å². The Hall–Kier alpha value is -2.20. The molecule has 0 radical (unpaired) electrons. The van der Waals surface area contributed by atoms with Gasteiger partial charge in [0.15, 0.2) is 0 Å². The van der Waals surface area contributed by atoms with Crippen LogP contribution in [-0.4, -0.2) is 64.2 Å². The number of aliphatic carboxylic acids is 1. The summed E-state index contributed by atoms with van der Waals surface area (Å²) in [4.78, 5) is 48.6. The molecule has 0 aromatic heterocycles. The number of hydrogen-bond acceptors (Lipinski definition) is 6. The van der Waals surface area contributed by atoms with Crippen LogP contribution in [0.3, 0.4) is 0 Å². The number of nitrogens with two attached hydrogens (primary N) is 1. The average molecular weight is 417 g/mol. The number of carbonyl (C=O) groups is 4. The van der Waals surface area contributed by atoms with E-state index in [-0.39, 0.29) is 11.8 Å². The zero-order chi connectivity index (χ0) is 22.9. The molecule has 0 spiro atoms. The fourth-order valence-electron chi connectivity index (χ4n) is 2.50. The van der Waals surface area contributed by atoms with E-state index < -0.39 is 54.0 Å². The quantitative estimate of drug-likeness (QED) is 0.245. The van der Waals surface area contributed by atoms with Gasteiger partial charge in [-0.1, -0.05) is 40.5 Å². The van der Waals surface area contributed by atoms with E-state index in [0.717, 1.165) is 0 Å². The van der Waals surface area contributed by atoms with Gasteiger partial charge in [-0.15, -0.1) is 0 Å². The van der Waals surface area contributed by atoms with E-state index in [9.17, 15) is 29.4 Å². The van der Waals surface area contributed by atoms with E-state index >= 15 is 0 Å². The van der Waals surface area contributed by atoms with Crippen molar-refractivity contribution in [2.24, 2.45) is 17.6 Å². The number of amides is 3. The number of nitrogens with one attached hydrogen (secondary N) is 3. The second-order valence-corrected chi connectivity index (χ2v) is 7.58. The fourth-order valence-corrected chi connectivity index (χ4v) is 2.50. The third kappa shape index (κ3) is 8.36. The maximum absolute atomic E-state index is 12.7. The van der Waals surface area contributed by atoms with E-state index in [1.54, 1.807) is 13.8 Å². The first-order valence-electron chi connectivity index (χ1n) is 9.94. The molecule has 10 heteroatoms. The second kappa shape index (κ2) is 12.4. The highest BCUT2D eigenvalue weighted by molar-refractivity contribution is 5.94. The van der Waals surface area contributed by atoms with Crippen LogP contribution in [0.15, 0.2) is 0 Å². The monoisotopic (exact) mass is 416 g/mol. The van der Waals surface area contributed by atoms with Gasteiger partial charge in [0.2, 0.25) is 17.7 Å². The summed E-state index contributed by atoms with van der Waals surface area (Å²) in [7, 11) is 0. The van der Waals surface area contributed by atoms with Crippen molar-refractivity contribution in [3.05, 3.63) is 0 Å². The fraction of sp³-hybridized carbons (Fsp3) is 0.789. The van der Waals surface area contributed by atoms with Gasteiger partial charge in [-0.25, -0.2) is 4.79 Å². The Morgan fingerprint density at radius 3 is 1.66 bits per heavy atom. The zero-order valence-electron chi connectivity index (χ0n) is 18.1. The Labute approximate surface area is 172 Å². The molecule has 29 heavy (non-hydrogen) atoms. The molecule has 0 aromatic rings. The number of carboxylic acids is 1. The molecule has 0 fully saturated rings. The van der Waals surface area contributed by atoms with Gasteiger partial charge < -0.3 is 31.9 Å². The summed E-state index contributed by atoms with van der Waals surface area (Å²) in [6.07, 6.45) is 0.0376. The lowest BCUT2D eigenvalue weighted by Crippen LogP contribution is -2.59. The molecule has 0 aliphatic heterocycles. The van der Waals surface area contributed by atoms with E-state index in [2.05, 4.69) is 16.0 Å². The molecule has 3 amide bonds. The summed E-state index contributed by atoms with van der Waals surface area (Å²) in [5.41, 5.74) is 5.61. The summed E-state index contributed by atoms with van der Waals surface area (Å²) < 4.78 is 0. The van der Waals surface area contributed by atoms with Crippen LogP contribution in [0.25, 0.3) is 0 Å². The molecule has 0 aliphatic rings. The number of carboxylic acid groups (broad SMARTS) is 1. The zero-order valence-corrected chi connectivity index (χ0v) is 18.1. The minimum Gasteiger partial charge on any atom is -0.480 e. The molecule has 0 aliphatic carbocycles. The van der Waals surface area contributed by atoms with Gasteiger partial charge >= 0.3 is 5.97 Å². The van der Waals surface area contributed by atoms with Gasteiger partial charge in [0.05, 0.1) is 6.10 Å². The Kier molecular flexibility index (Phi) is 11.4. The summed E-state index contributed by atoms with van der Waals surface area (Å²) >= 11 is 0. The summed E-state index contributed by atoms with van der Waals surface area (Å²) in [6.45, 7) is 9.92. The molecule has 10 nitrogen and oxygen atoms in total. The van der Waals surface area contributed by atoms with Crippen LogP contribution >= 0.6 is 0 Å². The Morgan fingerprint density at radius 1 is 0.793 bits per heavy atom. The van der Waals surface area contributed by atoms with Gasteiger partial charge in [-0.05, 0) is 25.7 Å². The smallest absolute Gasteiger partial charge is 0.326 e. The highest BCUT2D eigenvalue weighted by Gasteiger charge is 2.32. The molecule has 0 saturated carbocycles. The molecule has 7 unspecified atom stereocenters. The van der Waals surface area contributed by atoms with E-state index in [1.165, 1.54) is 13.8 Å². The molecule has 0 bridgehead atoms. The predicted molar refractivity (Wildman–Crippen MR) is 108 cm³/mol. The first kappa shape index (κ1) is 26.8. The lowest BCUT2D eigenvalue weighted by molar-refractivity contribution is -0.143. The lowest BCUT2D eigenvalue weighted by atomic mass is 9.97. The Morgan fingerprint density at radius 2 is 1.24 bits per heavy atom. The summed E-state index contributed by atoms with van der Waals surface area (Å²) in [5.74, 6) is -3.61. The first-order valence-corrected chi connectivity index (χ1v) is 9.94. The highest BCUT2D eigenvalue weighted by Crippen LogP contribution is 2.10. The van der Waals surface area contributed by atoms with Crippen LogP contribution < -0.4 is 21.7 Å². The van der Waals surface area contributed by atoms with Crippen molar-refractivity contribution in [3.8, 4) is 0 Å². The molecule has 0 heterocycles. The van der Waals surface area contributed by atoms with E-state index in [1.807, 2.05) is 13.8 Å². The SMILES string of the molecule is CCC(C)C(NC(=O)C(C)NC(=O)C(NC(=O)C(N)C(C)O)C(C)CC)C(=O)O. The number of hydrogen-bond donors (Lipinski definition) is 6. The van der Waals surface area contributed by atoms with Crippen LogP contribution in [0, 0.1) is 11.8 Å².